The molecule has 0 atom stereocenters. The van der Waals surface area contributed by atoms with Gasteiger partial charge < -0.3 is 0 Å². The molecule has 96 valence electrons. The molecule has 1 aromatic carbocycles. The first-order valence-electron chi connectivity index (χ1n) is 6.62. The minimum atomic E-state index is 0.631. The zero-order chi connectivity index (χ0) is 12.7. The summed E-state index contributed by atoms with van der Waals surface area (Å²) >= 11 is 2.36. The van der Waals surface area contributed by atoms with Crippen molar-refractivity contribution in [1.29, 1.82) is 0 Å². The van der Waals surface area contributed by atoms with Gasteiger partial charge in [-0.3, -0.25) is 4.90 Å². The van der Waals surface area contributed by atoms with Crippen LogP contribution in [0.2, 0.25) is 0 Å². The molecular weight excluding hydrogens is 321 g/mol. The summed E-state index contributed by atoms with van der Waals surface area (Å²) in [4.78, 5) is 2.57. The molecule has 0 saturated carbocycles. The minimum absolute atomic E-state index is 0.631. The number of hydrogen-bond acceptors (Lipinski definition) is 1. The van der Waals surface area contributed by atoms with Crippen LogP contribution in [0.15, 0.2) is 24.3 Å². The van der Waals surface area contributed by atoms with E-state index < -0.39 is 0 Å². The largest absolute Gasteiger partial charge is 0.297 e. The highest BCUT2D eigenvalue weighted by Crippen LogP contribution is 2.12. The van der Waals surface area contributed by atoms with Crippen LogP contribution in [0.3, 0.4) is 0 Å². The first-order valence-corrected chi connectivity index (χ1v) is 7.70. The lowest BCUT2D eigenvalue weighted by atomic mass is 10.1. The van der Waals surface area contributed by atoms with Crippen LogP contribution in [0.4, 0.5) is 0 Å². The Morgan fingerprint density at radius 2 is 1.76 bits per heavy atom. The fourth-order valence-electron chi connectivity index (χ4n) is 1.91. The molecule has 0 saturated heterocycles. The van der Waals surface area contributed by atoms with Crippen molar-refractivity contribution in [3.8, 4) is 0 Å². The summed E-state index contributed by atoms with van der Waals surface area (Å²) in [6.45, 7) is 9.14. The van der Waals surface area contributed by atoms with E-state index in [4.69, 9.17) is 0 Å². The van der Waals surface area contributed by atoms with Crippen molar-refractivity contribution in [1.82, 2.24) is 4.90 Å². The van der Waals surface area contributed by atoms with Crippen molar-refractivity contribution in [3.63, 3.8) is 0 Å². The van der Waals surface area contributed by atoms with Crippen LogP contribution in [0.5, 0.6) is 0 Å². The highest BCUT2D eigenvalue weighted by atomic mass is 127. The van der Waals surface area contributed by atoms with Gasteiger partial charge in [-0.2, -0.15) is 0 Å². The van der Waals surface area contributed by atoms with Gasteiger partial charge in [0.2, 0.25) is 0 Å². The zero-order valence-electron chi connectivity index (χ0n) is 11.2. The van der Waals surface area contributed by atoms with E-state index in [2.05, 4.69) is 72.5 Å². The van der Waals surface area contributed by atoms with Gasteiger partial charge in [0.1, 0.15) is 0 Å². The summed E-state index contributed by atoms with van der Waals surface area (Å²) in [5, 5.41) is 0. The summed E-state index contributed by atoms with van der Waals surface area (Å²) in [5.41, 5.74) is 1.43. The molecule has 0 fully saturated rings. The maximum Gasteiger partial charge on any atom is 0.0236 e. The second-order valence-electron chi connectivity index (χ2n) is 4.90. The van der Waals surface area contributed by atoms with Gasteiger partial charge in [-0.25, -0.2) is 0 Å². The molecule has 0 aliphatic carbocycles. The monoisotopic (exact) mass is 345 g/mol. The summed E-state index contributed by atoms with van der Waals surface area (Å²) < 4.78 is 1.31. The summed E-state index contributed by atoms with van der Waals surface area (Å²) in [6.07, 6.45) is 3.96. The molecule has 0 bridgehead atoms. The van der Waals surface area contributed by atoms with E-state index in [1.807, 2.05) is 0 Å². The SMILES string of the molecule is CCCCCN(Cc1ccc(I)cc1)C(C)C. The lowest BCUT2D eigenvalue weighted by Gasteiger charge is -2.26. The van der Waals surface area contributed by atoms with Gasteiger partial charge in [-0.1, -0.05) is 31.9 Å². The molecule has 1 rings (SSSR count). The number of benzene rings is 1. The molecule has 0 heterocycles. The third-order valence-corrected chi connectivity index (χ3v) is 3.80. The Labute approximate surface area is 120 Å². The zero-order valence-corrected chi connectivity index (χ0v) is 13.4. The van der Waals surface area contributed by atoms with E-state index in [1.54, 1.807) is 0 Å². The van der Waals surface area contributed by atoms with Crippen LogP contribution < -0.4 is 0 Å². The molecule has 1 nitrogen and oxygen atoms in total. The number of nitrogens with zero attached hydrogens (tertiary/aromatic N) is 1. The van der Waals surface area contributed by atoms with Crippen molar-refractivity contribution in [3.05, 3.63) is 33.4 Å². The first kappa shape index (κ1) is 15.0. The standard InChI is InChI=1S/C15H24IN/c1-4-5-6-11-17(13(2)3)12-14-7-9-15(16)10-8-14/h7-10,13H,4-6,11-12H2,1-3H3. The van der Waals surface area contributed by atoms with Gasteiger partial charge in [-0.05, 0) is 67.1 Å². The molecule has 0 N–H and O–H groups in total. The molecule has 0 spiro atoms. The fourth-order valence-corrected chi connectivity index (χ4v) is 2.27. The van der Waals surface area contributed by atoms with Gasteiger partial charge in [0.15, 0.2) is 0 Å². The number of halogens is 1. The number of rotatable bonds is 7. The third kappa shape index (κ3) is 5.87. The van der Waals surface area contributed by atoms with Crippen LogP contribution in [-0.4, -0.2) is 17.5 Å². The number of hydrogen-bond donors (Lipinski definition) is 0. The maximum absolute atomic E-state index is 2.57. The molecule has 0 radical (unpaired) electrons. The second-order valence-corrected chi connectivity index (χ2v) is 6.14. The Kier molecular flexibility index (Phi) is 7.12. The van der Waals surface area contributed by atoms with Crippen LogP contribution in [0, 0.1) is 3.57 Å². The second kappa shape index (κ2) is 8.09. The van der Waals surface area contributed by atoms with E-state index in [0.29, 0.717) is 6.04 Å². The predicted octanol–water partition coefficient (Wildman–Crippen LogP) is 4.69. The molecule has 0 amide bonds. The third-order valence-electron chi connectivity index (χ3n) is 3.08. The normalized spacial score (nSPS) is 11.4. The molecule has 1 aromatic rings. The van der Waals surface area contributed by atoms with Crippen LogP contribution in [0.1, 0.15) is 45.6 Å². The van der Waals surface area contributed by atoms with Crippen molar-refractivity contribution in [2.24, 2.45) is 0 Å². The molecule has 0 aromatic heterocycles. The summed E-state index contributed by atoms with van der Waals surface area (Å²) in [6, 6.07) is 9.51. The average molecular weight is 345 g/mol. The van der Waals surface area contributed by atoms with Crippen LogP contribution in [0.25, 0.3) is 0 Å². The Morgan fingerprint density at radius 3 is 2.29 bits per heavy atom. The first-order chi connectivity index (χ1) is 8.13. The summed E-state index contributed by atoms with van der Waals surface area (Å²) in [5.74, 6) is 0. The quantitative estimate of drug-likeness (QED) is 0.512. The number of unbranched alkanes of at least 4 members (excludes halogenated alkanes) is 2. The van der Waals surface area contributed by atoms with Gasteiger partial charge in [-0.15, -0.1) is 0 Å². The lowest BCUT2D eigenvalue weighted by Crippen LogP contribution is -2.31. The van der Waals surface area contributed by atoms with E-state index in [-0.39, 0.29) is 0 Å². The molecule has 0 aliphatic rings. The highest BCUT2D eigenvalue weighted by Gasteiger charge is 2.09. The van der Waals surface area contributed by atoms with Crippen molar-refractivity contribution < 1.29 is 0 Å². The molecular formula is C15H24IN. The average Bonchev–Trinajstić information content (AvgIpc) is 2.30. The van der Waals surface area contributed by atoms with Gasteiger partial charge in [0.05, 0.1) is 0 Å². The van der Waals surface area contributed by atoms with Gasteiger partial charge >= 0.3 is 0 Å². The Bertz CT molecular complexity index is 305. The van der Waals surface area contributed by atoms with Crippen molar-refractivity contribution in [2.75, 3.05) is 6.54 Å². The van der Waals surface area contributed by atoms with Crippen molar-refractivity contribution >= 4 is 22.6 Å². The molecule has 17 heavy (non-hydrogen) atoms. The lowest BCUT2D eigenvalue weighted by molar-refractivity contribution is 0.208. The Morgan fingerprint density at radius 1 is 1.12 bits per heavy atom. The van der Waals surface area contributed by atoms with Gasteiger partial charge in [0, 0.05) is 16.2 Å². The van der Waals surface area contributed by atoms with Gasteiger partial charge in [0.25, 0.3) is 0 Å². The van der Waals surface area contributed by atoms with Crippen LogP contribution >= 0.6 is 22.6 Å². The topological polar surface area (TPSA) is 3.24 Å². The molecule has 0 unspecified atom stereocenters. The maximum atomic E-state index is 2.57. The van der Waals surface area contributed by atoms with E-state index >= 15 is 0 Å². The summed E-state index contributed by atoms with van der Waals surface area (Å²) in [7, 11) is 0. The Balaban J connectivity index is 2.51. The fraction of sp³-hybridized carbons (Fsp3) is 0.600. The van der Waals surface area contributed by atoms with E-state index in [1.165, 1.54) is 34.9 Å². The van der Waals surface area contributed by atoms with Crippen LogP contribution in [-0.2, 0) is 6.54 Å². The smallest absolute Gasteiger partial charge is 0.0236 e. The predicted molar refractivity (Wildman–Crippen MR) is 84.2 cm³/mol. The highest BCUT2D eigenvalue weighted by molar-refractivity contribution is 14.1. The minimum Gasteiger partial charge on any atom is -0.297 e. The van der Waals surface area contributed by atoms with Crippen molar-refractivity contribution in [2.45, 2.75) is 52.6 Å². The molecule has 2 heteroatoms. The molecule has 0 aliphatic heterocycles. The van der Waals surface area contributed by atoms with E-state index in [9.17, 15) is 0 Å². The van der Waals surface area contributed by atoms with E-state index in [0.717, 1.165) is 6.54 Å². The Hall–Kier alpha value is -0.0900.